The van der Waals surface area contributed by atoms with E-state index >= 15 is 0 Å². The maximum atomic E-state index is 12.7. The van der Waals surface area contributed by atoms with Crippen LogP contribution in [0.5, 0.6) is 0 Å². The Labute approximate surface area is 176 Å². The number of nitrogens with zero attached hydrogens (tertiary/aromatic N) is 3. The first-order valence-electron chi connectivity index (χ1n) is 9.10. The summed E-state index contributed by atoms with van der Waals surface area (Å²) in [6, 6.07) is 13.2. The molecule has 10 heteroatoms. The molecule has 1 aromatic heterocycles. The molecule has 3 aromatic rings. The van der Waals surface area contributed by atoms with Gasteiger partial charge in [-0.3, -0.25) is 19.9 Å². The van der Waals surface area contributed by atoms with Gasteiger partial charge in [-0.1, -0.05) is 29.3 Å². The third kappa shape index (κ3) is 3.74. The Hall–Kier alpha value is -3.72. The lowest BCUT2D eigenvalue weighted by molar-refractivity contribution is -0.520. The van der Waals surface area contributed by atoms with Gasteiger partial charge in [0.1, 0.15) is 0 Å². The van der Waals surface area contributed by atoms with Crippen LogP contribution in [0.25, 0.3) is 0 Å². The summed E-state index contributed by atoms with van der Waals surface area (Å²) in [6.07, 6.45) is -0.804. The number of nitro benzene ring substituents is 1. The summed E-state index contributed by atoms with van der Waals surface area (Å²) in [7, 11) is 0. The van der Waals surface area contributed by atoms with Crippen molar-refractivity contribution >= 4 is 34.9 Å². The summed E-state index contributed by atoms with van der Waals surface area (Å²) in [6.45, 7) is 3.71. The highest BCUT2D eigenvalue weighted by molar-refractivity contribution is 6.31. The number of fused-ring (bicyclic) bond motifs is 1. The number of non-ortho nitro benzene ring substituents is 1. The van der Waals surface area contributed by atoms with Gasteiger partial charge in [-0.25, -0.2) is 20.2 Å². The number of guanidine groups is 1. The van der Waals surface area contributed by atoms with E-state index in [1.807, 2.05) is 31.2 Å². The maximum absolute atomic E-state index is 12.7. The molecule has 0 fully saturated rings. The zero-order valence-corrected chi connectivity index (χ0v) is 16.9. The number of nitrogens with one attached hydrogen (secondary N) is 3. The van der Waals surface area contributed by atoms with E-state index in [-0.39, 0.29) is 16.3 Å². The molecule has 1 aliphatic heterocycles. The molecule has 4 rings (SSSR count). The average Bonchev–Trinajstić information content (AvgIpc) is 2.69. The van der Waals surface area contributed by atoms with Crippen molar-refractivity contribution in [2.75, 3.05) is 10.6 Å². The summed E-state index contributed by atoms with van der Waals surface area (Å²) in [5.41, 5.74) is 2.40. The molecule has 0 amide bonds. The number of aromatic nitrogens is 2. The van der Waals surface area contributed by atoms with Crippen LogP contribution < -0.4 is 21.2 Å². The second-order valence-corrected chi connectivity index (χ2v) is 7.34. The Morgan fingerprint density at radius 1 is 1.20 bits per heavy atom. The molecule has 2 aromatic carbocycles. The number of hydrogen-bond donors (Lipinski definition) is 3. The van der Waals surface area contributed by atoms with Crippen LogP contribution in [-0.4, -0.2) is 20.4 Å². The van der Waals surface area contributed by atoms with Gasteiger partial charge < -0.3 is 0 Å². The van der Waals surface area contributed by atoms with E-state index in [9.17, 15) is 14.9 Å². The molecule has 0 unspecified atom stereocenters. The highest BCUT2D eigenvalue weighted by Gasteiger charge is 2.31. The first-order chi connectivity index (χ1) is 14.3. The average molecular weight is 426 g/mol. The molecule has 30 heavy (non-hydrogen) atoms. The van der Waals surface area contributed by atoms with Gasteiger partial charge in [0.05, 0.1) is 10.6 Å². The number of benzene rings is 2. The maximum Gasteiger partial charge on any atom is 0.357 e. The number of hydrogen-bond acceptors (Lipinski definition) is 6. The minimum Gasteiger partial charge on any atom is -0.269 e. The van der Waals surface area contributed by atoms with Gasteiger partial charge in [-0.2, -0.15) is 0 Å². The molecule has 9 nitrogen and oxygen atoms in total. The van der Waals surface area contributed by atoms with Crippen molar-refractivity contribution in [3.8, 4) is 0 Å². The highest BCUT2D eigenvalue weighted by atomic mass is 35.5. The monoisotopic (exact) mass is 425 g/mol. The molecule has 0 spiro atoms. The van der Waals surface area contributed by atoms with Crippen molar-refractivity contribution in [3.05, 3.63) is 90.8 Å². The first-order valence-corrected chi connectivity index (χ1v) is 9.48. The molecular formula is C20H18ClN6O3+. The van der Waals surface area contributed by atoms with Crippen LogP contribution in [0.1, 0.15) is 23.0 Å². The number of nitro groups is 1. The van der Waals surface area contributed by atoms with Crippen LogP contribution in [-0.2, 0) is 0 Å². The van der Waals surface area contributed by atoms with Crippen LogP contribution in [0.3, 0.4) is 0 Å². The molecule has 0 saturated carbocycles. The lowest BCUT2D eigenvalue weighted by Crippen LogP contribution is -2.82. The molecule has 3 N–H and O–H groups in total. The third-order valence-corrected chi connectivity index (χ3v) is 5.01. The van der Waals surface area contributed by atoms with Crippen molar-refractivity contribution in [1.82, 2.24) is 9.55 Å². The van der Waals surface area contributed by atoms with Gasteiger partial charge in [0.15, 0.2) is 6.17 Å². The van der Waals surface area contributed by atoms with Crippen LogP contribution in [0, 0.1) is 24.0 Å². The molecule has 1 aliphatic rings. The normalized spacial score (nSPS) is 15.0. The van der Waals surface area contributed by atoms with Gasteiger partial charge in [0.2, 0.25) is 0 Å². The lowest BCUT2D eigenvalue weighted by Gasteiger charge is -2.23. The minimum absolute atomic E-state index is 0.127. The lowest BCUT2D eigenvalue weighted by atomic mass is 10.1. The molecule has 0 bridgehead atoms. The van der Waals surface area contributed by atoms with Gasteiger partial charge in [0.25, 0.3) is 17.2 Å². The zero-order chi connectivity index (χ0) is 21.4. The minimum atomic E-state index is -0.804. The fourth-order valence-corrected chi connectivity index (χ4v) is 3.43. The summed E-state index contributed by atoms with van der Waals surface area (Å²) in [4.78, 5) is 31.1. The Morgan fingerprint density at radius 2 is 1.93 bits per heavy atom. The second kappa shape index (κ2) is 7.60. The van der Waals surface area contributed by atoms with Crippen LogP contribution in [0.15, 0.2) is 53.3 Å². The number of aryl methyl sites for hydroxylation is 2. The molecule has 0 aliphatic carbocycles. The Morgan fingerprint density at radius 3 is 2.63 bits per heavy atom. The van der Waals surface area contributed by atoms with Crippen LogP contribution >= 0.6 is 11.6 Å². The second-order valence-electron chi connectivity index (χ2n) is 6.93. The van der Waals surface area contributed by atoms with Crippen molar-refractivity contribution < 1.29 is 9.92 Å². The van der Waals surface area contributed by atoms with E-state index in [0.29, 0.717) is 23.2 Å². The van der Waals surface area contributed by atoms with E-state index < -0.39 is 11.1 Å². The fourth-order valence-electron chi connectivity index (χ4n) is 3.21. The van der Waals surface area contributed by atoms with E-state index in [1.54, 1.807) is 6.92 Å². The Balaban J connectivity index is 1.85. The van der Waals surface area contributed by atoms with Crippen LogP contribution in [0.2, 0.25) is 5.02 Å². The van der Waals surface area contributed by atoms with Gasteiger partial charge in [-0.15, -0.1) is 0 Å². The molecule has 152 valence electrons. The SMILES string of the molecule is Cc1ccc(NC2=[NH+][C@H](c3cc([N+](=O)[O-])ccc3Cl)n3c(nc(C)cc3=O)N2)cc1. The van der Waals surface area contributed by atoms with E-state index in [0.717, 1.165) is 11.3 Å². The fraction of sp³-hybridized carbons (Fsp3) is 0.150. The molecule has 1 atom stereocenters. The van der Waals surface area contributed by atoms with E-state index in [4.69, 9.17) is 11.6 Å². The first kappa shape index (κ1) is 19.6. The predicted molar refractivity (Wildman–Crippen MR) is 114 cm³/mol. The molecular weight excluding hydrogens is 408 g/mol. The van der Waals surface area contributed by atoms with Gasteiger partial charge in [-0.05, 0) is 32.0 Å². The summed E-state index contributed by atoms with van der Waals surface area (Å²) in [5, 5.41) is 17.8. The summed E-state index contributed by atoms with van der Waals surface area (Å²) >= 11 is 6.36. The Kier molecular flexibility index (Phi) is 4.96. The molecule has 2 heterocycles. The smallest absolute Gasteiger partial charge is 0.269 e. The van der Waals surface area contributed by atoms with Gasteiger partial charge in [0, 0.05) is 34.5 Å². The van der Waals surface area contributed by atoms with E-state index in [1.165, 1.54) is 28.8 Å². The van der Waals surface area contributed by atoms with E-state index in [2.05, 4.69) is 20.6 Å². The number of anilines is 2. The highest BCUT2D eigenvalue weighted by Crippen LogP contribution is 2.28. The van der Waals surface area contributed by atoms with Crippen molar-refractivity contribution in [2.24, 2.45) is 0 Å². The van der Waals surface area contributed by atoms with Crippen molar-refractivity contribution in [3.63, 3.8) is 0 Å². The number of rotatable bonds is 3. The quantitative estimate of drug-likeness (QED) is 0.436. The number of halogens is 1. The van der Waals surface area contributed by atoms with Crippen LogP contribution in [0.4, 0.5) is 17.3 Å². The molecule has 0 radical (unpaired) electrons. The largest absolute Gasteiger partial charge is 0.357 e. The molecule has 0 saturated heterocycles. The zero-order valence-electron chi connectivity index (χ0n) is 16.1. The van der Waals surface area contributed by atoms with Crippen molar-refractivity contribution in [1.29, 1.82) is 0 Å². The third-order valence-electron chi connectivity index (χ3n) is 4.66. The standard InChI is InChI=1S/C20H17ClN6O3/c1-11-3-5-13(6-4-11)23-19-24-18(15-10-14(27(29)30)7-8-16(15)21)26-17(28)9-12(2)22-20(26)25-19/h3-10,18H,1-2H3,(H2,22,23,24,25)/p+1/t18-/m0/s1. The summed E-state index contributed by atoms with van der Waals surface area (Å²) < 4.78 is 1.37. The summed E-state index contributed by atoms with van der Waals surface area (Å²) in [5.74, 6) is 0.755. The van der Waals surface area contributed by atoms with Crippen molar-refractivity contribution in [2.45, 2.75) is 20.0 Å². The van der Waals surface area contributed by atoms with Gasteiger partial charge >= 0.3 is 5.96 Å². The predicted octanol–water partition coefficient (Wildman–Crippen LogP) is 1.94. The topological polar surface area (TPSA) is 116 Å². The Bertz CT molecular complexity index is 1240.